The van der Waals surface area contributed by atoms with Gasteiger partial charge in [0.25, 0.3) is 0 Å². The molecule has 8 nitrogen and oxygen atoms in total. The summed E-state index contributed by atoms with van der Waals surface area (Å²) in [6, 6.07) is 9.88. The van der Waals surface area contributed by atoms with Crippen molar-refractivity contribution in [3.63, 3.8) is 0 Å². The topological polar surface area (TPSA) is 69.2 Å². The van der Waals surface area contributed by atoms with E-state index in [4.69, 9.17) is 30.5 Å². The number of piperazine rings is 1. The Hall–Kier alpha value is -2.97. The molecule has 1 aromatic heterocycles. The molecule has 2 aromatic carbocycles. The maximum atomic E-state index is 6.24. The van der Waals surface area contributed by atoms with Gasteiger partial charge < -0.3 is 23.8 Å². The standard InChI is InChI=1S/C22H23ClN4O4/c1-28-18-10-15-16(11-19(18)29-2)24-22(23)25-21(15)27-7-5-26(6-8-27)12-14-3-4-17-20(9-14)31-13-30-17/h3-4,9-11H,5-8,12-13H2,1-2H3. The van der Waals surface area contributed by atoms with Crippen LogP contribution in [-0.2, 0) is 6.54 Å². The third-order valence-corrected chi connectivity index (χ3v) is 5.84. The van der Waals surface area contributed by atoms with Gasteiger partial charge in [-0.1, -0.05) is 6.07 Å². The van der Waals surface area contributed by atoms with Crippen molar-refractivity contribution in [3.05, 3.63) is 41.2 Å². The molecule has 3 aromatic rings. The van der Waals surface area contributed by atoms with E-state index in [0.29, 0.717) is 18.3 Å². The van der Waals surface area contributed by atoms with Crippen molar-refractivity contribution in [1.29, 1.82) is 0 Å². The highest BCUT2D eigenvalue weighted by molar-refractivity contribution is 6.28. The minimum absolute atomic E-state index is 0.220. The summed E-state index contributed by atoms with van der Waals surface area (Å²) in [5.41, 5.74) is 1.94. The quantitative estimate of drug-likeness (QED) is 0.557. The summed E-state index contributed by atoms with van der Waals surface area (Å²) in [7, 11) is 3.22. The van der Waals surface area contributed by atoms with Crippen LogP contribution < -0.4 is 23.8 Å². The maximum absolute atomic E-state index is 6.24. The minimum Gasteiger partial charge on any atom is -0.493 e. The fraction of sp³-hybridized carbons (Fsp3) is 0.364. The van der Waals surface area contributed by atoms with Crippen molar-refractivity contribution >= 4 is 28.3 Å². The van der Waals surface area contributed by atoms with Crippen molar-refractivity contribution in [2.75, 3.05) is 52.1 Å². The molecule has 31 heavy (non-hydrogen) atoms. The third kappa shape index (κ3) is 3.88. The van der Waals surface area contributed by atoms with Gasteiger partial charge in [-0.25, -0.2) is 4.98 Å². The summed E-state index contributed by atoms with van der Waals surface area (Å²) >= 11 is 6.24. The molecular weight excluding hydrogens is 420 g/mol. The number of methoxy groups -OCH3 is 2. The average molecular weight is 443 g/mol. The highest BCUT2D eigenvalue weighted by Crippen LogP contribution is 2.36. The molecule has 0 bridgehead atoms. The molecule has 1 saturated heterocycles. The summed E-state index contributed by atoms with van der Waals surface area (Å²) in [4.78, 5) is 13.6. The van der Waals surface area contributed by atoms with Crippen LogP contribution in [0.4, 0.5) is 5.82 Å². The molecule has 1 fully saturated rings. The van der Waals surface area contributed by atoms with E-state index in [2.05, 4.69) is 31.9 Å². The smallest absolute Gasteiger partial charge is 0.231 e. The lowest BCUT2D eigenvalue weighted by atomic mass is 10.1. The summed E-state index contributed by atoms with van der Waals surface area (Å²) in [6.07, 6.45) is 0. The molecule has 0 aliphatic carbocycles. The number of hydrogen-bond donors (Lipinski definition) is 0. The summed E-state index contributed by atoms with van der Waals surface area (Å²) in [5, 5.41) is 1.11. The first-order valence-electron chi connectivity index (χ1n) is 10.1. The van der Waals surface area contributed by atoms with Gasteiger partial charge in [-0.2, -0.15) is 4.98 Å². The van der Waals surface area contributed by atoms with Crippen molar-refractivity contribution < 1.29 is 18.9 Å². The Morgan fingerprint density at radius 1 is 0.935 bits per heavy atom. The number of anilines is 1. The summed E-state index contributed by atoms with van der Waals surface area (Å²) in [5.74, 6) is 3.71. The lowest BCUT2D eigenvalue weighted by Gasteiger charge is -2.36. The Bertz CT molecular complexity index is 1120. The Balaban J connectivity index is 1.34. The Labute approximate surface area is 185 Å². The van der Waals surface area contributed by atoms with Gasteiger partial charge in [0.05, 0.1) is 19.7 Å². The first kappa shape index (κ1) is 20.0. The molecule has 0 spiro atoms. The van der Waals surface area contributed by atoms with Crippen LogP contribution in [0, 0.1) is 0 Å². The first-order chi connectivity index (χ1) is 15.1. The van der Waals surface area contributed by atoms with Gasteiger partial charge >= 0.3 is 0 Å². The number of rotatable bonds is 5. The molecule has 5 rings (SSSR count). The number of fused-ring (bicyclic) bond motifs is 2. The fourth-order valence-electron chi connectivity index (χ4n) is 4.07. The predicted octanol–water partition coefficient (Wildman–Crippen LogP) is 3.35. The predicted molar refractivity (Wildman–Crippen MR) is 118 cm³/mol. The maximum Gasteiger partial charge on any atom is 0.231 e. The zero-order valence-electron chi connectivity index (χ0n) is 17.4. The van der Waals surface area contributed by atoms with Crippen LogP contribution >= 0.6 is 11.6 Å². The van der Waals surface area contributed by atoms with Crippen molar-refractivity contribution in [3.8, 4) is 23.0 Å². The van der Waals surface area contributed by atoms with Crippen LogP contribution in [0.2, 0.25) is 5.28 Å². The molecule has 162 valence electrons. The van der Waals surface area contributed by atoms with Crippen molar-refractivity contribution in [2.45, 2.75) is 6.54 Å². The van der Waals surface area contributed by atoms with Crippen LogP contribution in [-0.4, -0.2) is 62.1 Å². The van der Waals surface area contributed by atoms with E-state index in [-0.39, 0.29) is 5.28 Å². The van der Waals surface area contributed by atoms with Gasteiger partial charge in [0, 0.05) is 44.2 Å². The van der Waals surface area contributed by atoms with Gasteiger partial charge in [0.2, 0.25) is 12.1 Å². The SMILES string of the molecule is COc1cc2nc(Cl)nc(N3CCN(Cc4ccc5c(c4)OCO5)CC3)c2cc1OC. The highest BCUT2D eigenvalue weighted by Gasteiger charge is 2.23. The number of ether oxygens (including phenoxy) is 4. The summed E-state index contributed by atoms with van der Waals surface area (Å²) in [6.45, 7) is 4.64. The number of halogens is 1. The minimum atomic E-state index is 0.220. The molecule has 0 unspecified atom stereocenters. The zero-order chi connectivity index (χ0) is 21.4. The van der Waals surface area contributed by atoms with Gasteiger partial charge in [0.1, 0.15) is 5.82 Å². The van der Waals surface area contributed by atoms with Crippen LogP contribution in [0.1, 0.15) is 5.56 Å². The molecule has 3 heterocycles. The molecule has 0 radical (unpaired) electrons. The van der Waals surface area contributed by atoms with E-state index in [0.717, 1.165) is 60.9 Å². The van der Waals surface area contributed by atoms with Crippen LogP contribution in [0.5, 0.6) is 23.0 Å². The van der Waals surface area contributed by atoms with Crippen LogP contribution in [0.3, 0.4) is 0 Å². The molecule has 0 N–H and O–H groups in total. The molecule has 0 amide bonds. The van der Waals surface area contributed by atoms with Crippen molar-refractivity contribution in [1.82, 2.24) is 14.9 Å². The molecule has 2 aliphatic rings. The van der Waals surface area contributed by atoms with Gasteiger partial charge in [0.15, 0.2) is 23.0 Å². The zero-order valence-corrected chi connectivity index (χ0v) is 18.2. The van der Waals surface area contributed by atoms with Gasteiger partial charge in [-0.3, -0.25) is 4.90 Å². The number of hydrogen-bond acceptors (Lipinski definition) is 8. The third-order valence-electron chi connectivity index (χ3n) is 5.67. The van der Waals surface area contributed by atoms with Crippen LogP contribution in [0.25, 0.3) is 10.9 Å². The number of aromatic nitrogens is 2. The Kier molecular flexibility index (Phi) is 5.33. The Morgan fingerprint density at radius 2 is 1.68 bits per heavy atom. The van der Waals surface area contributed by atoms with Crippen LogP contribution in [0.15, 0.2) is 30.3 Å². The second-order valence-electron chi connectivity index (χ2n) is 7.49. The van der Waals surface area contributed by atoms with Crippen molar-refractivity contribution in [2.24, 2.45) is 0 Å². The second-order valence-corrected chi connectivity index (χ2v) is 7.83. The van der Waals surface area contributed by atoms with E-state index in [9.17, 15) is 0 Å². The number of nitrogens with zero attached hydrogens (tertiary/aromatic N) is 4. The first-order valence-corrected chi connectivity index (χ1v) is 10.5. The average Bonchev–Trinajstić information content (AvgIpc) is 3.26. The van der Waals surface area contributed by atoms with E-state index in [1.54, 1.807) is 14.2 Å². The molecular formula is C22H23ClN4O4. The van der Waals surface area contributed by atoms with E-state index < -0.39 is 0 Å². The normalized spacial score (nSPS) is 16.0. The lowest BCUT2D eigenvalue weighted by Crippen LogP contribution is -2.46. The van der Waals surface area contributed by atoms with E-state index in [1.807, 2.05) is 18.2 Å². The van der Waals surface area contributed by atoms with E-state index in [1.165, 1.54) is 5.56 Å². The molecule has 0 saturated carbocycles. The second kappa shape index (κ2) is 8.28. The number of benzene rings is 2. The molecule has 2 aliphatic heterocycles. The monoisotopic (exact) mass is 442 g/mol. The van der Waals surface area contributed by atoms with Gasteiger partial charge in [-0.15, -0.1) is 0 Å². The van der Waals surface area contributed by atoms with Gasteiger partial charge in [-0.05, 0) is 35.4 Å². The molecule has 9 heteroatoms. The lowest BCUT2D eigenvalue weighted by molar-refractivity contribution is 0.174. The fourth-order valence-corrected chi connectivity index (χ4v) is 4.24. The Morgan fingerprint density at radius 3 is 2.45 bits per heavy atom. The molecule has 0 atom stereocenters. The highest BCUT2D eigenvalue weighted by atomic mass is 35.5. The summed E-state index contributed by atoms with van der Waals surface area (Å²) < 4.78 is 21.8. The van der Waals surface area contributed by atoms with E-state index >= 15 is 0 Å². The largest absolute Gasteiger partial charge is 0.493 e.